The third-order valence-corrected chi connectivity index (χ3v) is 3.68. The largest absolute Gasteiger partial charge is 0.396 e. The van der Waals surface area contributed by atoms with Gasteiger partial charge < -0.3 is 10.4 Å². The summed E-state index contributed by atoms with van der Waals surface area (Å²) < 4.78 is 0. The molecule has 0 saturated heterocycles. The van der Waals surface area contributed by atoms with Crippen LogP contribution in [0, 0.1) is 0 Å². The average molecular weight is 232 g/mol. The summed E-state index contributed by atoms with van der Waals surface area (Å²) >= 11 is 3.43. The number of rotatable bonds is 7. The summed E-state index contributed by atoms with van der Waals surface area (Å²) in [5, 5.41) is 12.9. The lowest BCUT2D eigenvalue weighted by Crippen LogP contribution is -1.97. The van der Waals surface area contributed by atoms with Gasteiger partial charge in [0, 0.05) is 29.1 Å². The number of hydrogen-bond acceptors (Lipinski definition) is 5. The predicted octanol–water partition coefficient (Wildman–Crippen LogP) is 2.19. The first kappa shape index (κ1) is 11.8. The molecule has 3 nitrogen and oxygen atoms in total. The lowest BCUT2D eigenvalue weighted by Gasteiger charge is -1.97. The van der Waals surface area contributed by atoms with Crippen LogP contribution in [0.3, 0.4) is 0 Å². The Hall–Kier alpha value is -0.260. The molecular weight excluding hydrogens is 216 g/mol. The van der Waals surface area contributed by atoms with Crippen molar-refractivity contribution < 1.29 is 5.11 Å². The van der Waals surface area contributed by atoms with E-state index in [1.54, 1.807) is 23.1 Å². The van der Waals surface area contributed by atoms with Crippen LogP contribution < -0.4 is 5.32 Å². The monoisotopic (exact) mass is 232 g/mol. The highest BCUT2D eigenvalue weighted by molar-refractivity contribution is 7.98. The van der Waals surface area contributed by atoms with Crippen molar-refractivity contribution in [2.24, 2.45) is 0 Å². The minimum Gasteiger partial charge on any atom is -0.396 e. The van der Waals surface area contributed by atoms with E-state index in [-0.39, 0.29) is 6.61 Å². The fraction of sp³-hybridized carbons (Fsp3) is 0.667. The highest BCUT2D eigenvalue weighted by Crippen LogP contribution is 2.22. The van der Waals surface area contributed by atoms with Gasteiger partial charge in [-0.2, -0.15) is 11.8 Å². The van der Waals surface area contributed by atoms with Gasteiger partial charge in [-0.05, 0) is 6.42 Å². The SMILES string of the molecule is CCCNc1ncc(CSCCO)s1. The van der Waals surface area contributed by atoms with Crippen LogP contribution in [-0.2, 0) is 5.75 Å². The van der Waals surface area contributed by atoms with Crippen LogP contribution in [0.15, 0.2) is 6.20 Å². The number of aromatic nitrogens is 1. The molecule has 2 N–H and O–H groups in total. The molecule has 1 aromatic rings. The van der Waals surface area contributed by atoms with Crippen LogP contribution in [0.1, 0.15) is 18.2 Å². The van der Waals surface area contributed by atoms with Gasteiger partial charge in [0.05, 0.1) is 6.61 Å². The smallest absolute Gasteiger partial charge is 0.182 e. The van der Waals surface area contributed by atoms with Gasteiger partial charge in [0.25, 0.3) is 0 Å². The zero-order valence-electron chi connectivity index (χ0n) is 8.32. The molecule has 0 aliphatic carbocycles. The van der Waals surface area contributed by atoms with Crippen LogP contribution in [0.25, 0.3) is 0 Å². The van der Waals surface area contributed by atoms with E-state index in [0.29, 0.717) is 0 Å². The van der Waals surface area contributed by atoms with Crippen molar-refractivity contribution in [3.8, 4) is 0 Å². The Morgan fingerprint density at radius 1 is 1.64 bits per heavy atom. The van der Waals surface area contributed by atoms with E-state index in [1.807, 2.05) is 6.20 Å². The number of aliphatic hydroxyl groups is 1. The standard InChI is InChI=1S/C9H16N2OS2/c1-2-3-10-9-11-6-8(14-9)7-13-5-4-12/h6,12H,2-5,7H2,1H3,(H,10,11). The Labute approximate surface area is 92.9 Å². The van der Waals surface area contributed by atoms with Crippen LogP contribution in [0.5, 0.6) is 0 Å². The molecule has 1 heterocycles. The second-order valence-corrected chi connectivity index (χ2v) is 5.06. The van der Waals surface area contributed by atoms with Crippen LogP contribution in [0.2, 0.25) is 0 Å². The van der Waals surface area contributed by atoms with Gasteiger partial charge in [-0.3, -0.25) is 0 Å². The van der Waals surface area contributed by atoms with E-state index in [9.17, 15) is 0 Å². The first-order valence-corrected chi connectivity index (χ1v) is 6.71. The van der Waals surface area contributed by atoms with Gasteiger partial charge in [0.15, 0.2) is 5.13 Å². The van der Waals surface area contributed by atoms with Gasteiger partial charge in [-0.1, -0.05) is 6.92 Å². The average Bonchev–Trinajstić information content (AvgIpc) is 2.63. The van der Waals surface area contributed by atoms with Gasteiger partial charge in [0.2, 0.25) is 0 Å². The minimum atomic E-state index is 0.254. The molecule has 0 unspecified atom stereocenters. The molecule has 1 aromatic heterocycles. The van der Waals surface area contributed by atoms with E-state index in [4.69, 9.17) is 5.11 Å². The molecule has 14 heavy (non-hydrogen) atoms. The number of aliphatic hydroxyl groups excluding tert-OH is 1. The topological polar surface area (TPSA) is 45.2 Å². The second-order valence-electron chi connectivity index (χ2n) is 2.83. The summed E-state index contributed by atoms with van der Waals surface area (Å²) in [4.78, 5) is 5.53. The van der Waals surface area contributed by atoms with Crippen LogP contribution in [0.4, 0.5) is 5.13 Å². The highest BCUT2D eigenvalue weighted by Gasteiger charge is 2.00. The first-order chi connectivity index (χ1) is 6.86. The maximum Gasteiger partial charge on any atom is 0.182 e. The zero-order chi connectivity index (χ0) is 10.2. The van der Waals surface area contributed by atoms with Crippen molar-refractivity contribution in [2.75, 3.05) is 24.2 Å². The van der Waals surface area contributed by atoms with E-state index >= 15 is 0 Å². The van der Waals surface area contributed by atoms with Gasteiger partial charge in [-0.15, -0.1) is 11.3 Å². The van der Waals surface area contributed by atoms with Crippen molar-refractivity contribution in [3.05, 3.63) is 11.1 Å². The lowest BCUT2D eigenvalue weighted by atomic mass is 10.5. The molecule has 0 radical (unpaired) electrons. The number of anilines is 1. The number of nitrogens with zero attached hydrogens (tertiary/aromatic N) is 1. The number of thiazole rings is 1. The minimum absolute atomic E-state index is 0.254. The highest BCUT2D eigenvalue weighted by atomic mass is 32.2. The molecular formula is C9H16N2OS2. The Morgan fingerprint density at radius 2 is 2.50 bits per heavy atom. The zero-order valence-corrected chi connectivity index (χ0v) is 9.96. The summed E-state index contributed by atoms with van der Waals surface area (Å²) in [6.45, 7) is 3.37. The molecule has 0 aliphatic heterocycles. The van der Waals surface area contributed by atoms with Crippen LogP contribution >= 0.6 is 23.1 Å². The molecule has 0 bridgehead atoms. The third-order valence-electron chi connectivity index (χ3n) is 1.56. The normalized spacial score (nSPS) is 10.4. The maximum absolute atomic E-state index is 8.62. The molecule has 0 aliphatic rings. The van der Waals surface area contributed by atoms with E-state index in [1.165, 1.54) is 4.88 Å². The summed E-state index contributed by atoms with van der Waals surface area (Å²) in [6, 6.07) is 0. The molecule has 0 saturated carbocycles. The Balaban J connectivity index is 2.27. The maximum atomic E-state index is 8.62. The van der Waals surface area contributed by atoms with E-state index < -0.39 is 0 Å². The molecule has 0 amide bonds. The summed E-state index contributed by atoms with van der Waals surface area (Å²) in [7, 11) is 0. The Kier molecular flexibility index (Phi) is 5.98. The number of hydrogen-bond donors (Lipinski definition) is 2. The molecule has 1 rings (SSSR count). The molecule has 0 spiro atoms. The van der Waals surface area contributed by atoms with Crippen molar-refractivity contribution in [2.45, 2.75) is 19.1 Å². The van der Waals surface area contributed by atoms with Crippen molar-refractivity contribution in [1.82, 2.24) is 4.98 Å². The van der Waals surface area contributed by atoms with Gasteiger partial charge in [-0.25, -0.2) is 4.98 Å². The van der Waals surface area contributed by atoms with E-state index in [0.717, 1.165) is 29.6 Å². The summed E-state index contributed by atoms with van der Waals surface area (Å²) in [6.07, 6.45) is 3.03. The second kappa shape index (κ2) is 7.09. The predicted molar refractivity (Wildman–Crippen MR) is 64.1 cm³/mol. The van der Waals surface area contributed by atoms with Crippen LogP contribution in [-0.4, -0.2) is 29.0 Å². The fourth-order valence-electron chi connectivity index (χ4n) is 0.925. The Bertz CT molecular complexity index is 253. The third kappa shape index (κ3) is 4.30. The Morgan fingerprint density at radius 3 is 3.21 bits per heavy atom. The van der Waals surface area contributed by atoms with E-state index in [2.05, 4.69) is 17.2 Å². The molecule has 80 valence electrons. The molecule has 0 aromatic carbocycles. The molecule has 0 fully saturated rings. The summed E-state index contributed by atoms with van der Waals surface area (Å²) in [5.41, 5.74) is 0. The number of nitrogens with one attached hydrogen (secondary N) is 1. The summed E-state index contributed by atoms with van der Waals surface area (Å²) in [5.74, 6) is 1.75. The van der Waals surface area contributed by atoms with Crippen molar-refractivity contribution in [1.29, 1.82) is 0 Å². The van der Waals surface area contributed by atoms with Crippen molar-refractivity contribution in [3.63, 3.8) is 0 Å². The van der Waals surface area contributed by atoms with Gasteiger partial charge >= 0.3 is 0 Å². The first-order valence-electron chi connectivity index (χ1n) is 4.74. The molecule has 0 atom stereocenters. The van der Waals surface area contributed by atoms with Crippen molar-refractivity contribution >= 4 is 28.2 Å². The molecule has 5 heteroatoms. The number of thioether (sulfide) groups is 1. The quantitative estimate of drug-likeness (QED) is 0.707. The fourth-order valence-corrected chi connectivity index (χ4v) is 2.59. The lowest BCUT2D eigenvalue weighted by molar-refractivity contribution is 0.322. The van der Waals surface area contributed by atoms with Gasteiger partial charge in [0.1, 0.15) is 0 Å².